The van der Waals surface area contributed by atoms with Crippen molar-refractivity contribution in [3.05, 3.63) is 35.7 Å². The van der Waals surface area contributed by atoms with E-state index in [4.69, 9.17) is 0 Å². The van der Waals surface area contributed by atoms with Crippen molar-refractivity contribution in [1.29, 1.82) is 0 Å². The van der Waals surface area contributed by atoms with Crippen molar-refractivity contribution in [2.45, 2.75) is 26.3 Å². The number of hydrogen-bond donors (Lipinski definition) is 1. The molecule has 1 heterocycles. The Hall–Kier alpha value is -1.89. The predicted molar refractivity (Wildman–Crippen MR) is 65.8 cm³/mol. The SMILES string of the molecule is CCCNC(C)c1nnnn1-c1cc(F)ccc1F. The summed E-state index contributed by atoms with van der Waals surface area (Å²) >= 11 is 0. The van der Waals surface area contributed by atoms with Gasteiger partial charge in [-0.25, -0.2) is 8.78 Å². The van der Waals surface area contributed by atoms with Gasteiger partial charge in [0.05, 0.1) is 6.04 Å². The first-order chi connectivity index (χ1) is 9.13. The van der Waals surface area contributed by atoms with Crippen molar-refractivity contribution in [2.24, 2.45) is 0 Å². The lowest BCUT2D eigenvalue weighted by atomic mass is 10.2. The molecular formula is C12H15F2N5. The van der Waals surface area contributed by atoms with Crippen molar-refractivity contribution in [2.75, 3.05) is 6.54 Å². The molecule has 0 spiro atoms. The number of halogens is 2. The maximum atomic E-state index is 13.7. The predicted octanol–water partition coefficient (Wildman–Crippen LogP) is 2.00. The molecule has 0 aliphatic carbocycles. The molecule has 0 aliphatic heterocycles. The molecule has 0 amide bonds. The molecule has 0 saturated carbocycles. The Balaban J connectivity index is 2.35. The lowest BCUT2D eigenvalue weighted by molar-refractivity contribution is 0.522. The van der Waals surface area contributed by atoms with Crippen molar-refractivity contribution >= 4 is 0 Å². The Bertz CT molecular complexity index is 555. The molecule has 5 nitrogen and oxygen atoms in total. The zero-order valence-corrected chi connectivity index (χ0v) is 10.8. The number of nitrogens with one attached hydrogen (secondary N) is 1. The van der Waals surface area contributed by atoms with Crippen LogP contribution in [0.1, 0.15) is 32.1 Å². The van der Waals surface area contributed by atoms with Gasteiger partial charge >= 0.3 is 0 Å². The van der Waals surface area contributed by atoms with Crippen molar-refractivity contribution in [3.8, 4) is 5.69 Å². The van der Waals surface area contributed by atoms with Crippen LogP contribution in [0, 0.1) is 11.6 Å². The molecule has 1 aromatic heterocycles. The average molecular weight is 267 g/mol. The van der Waals surface area contributed by atoms with Gasteiger partial charge in [0, 0.05) is 6.07 Å². The zero-order valence-electron chi connectivity index (χ0n) is 10.8. The molecule has 1 unspecified atom stereocenters. The van der Waals surface area contributed by atoms with Gasteiger partial charge in [-0.15, -0.1) is 5.10 Å². The number of hydrogen-bond acceptors (Lipinski definition) is 4. The summed E-state index contributed by atoms with van der Waals surface area (Å²) in [5.41, 5.74) is 0.00477. The van der Waals surface area contributed by atoms with Gasteiger partial charge in [0.1, 0.15) is 17.3 Å². The fourth-order valence-corrected chi connectivity index (χ4v) is 1.74. The Kier molecular flexibility index (Phi) is 4.16. The van der Waals surface area contributed by atoms with E-state index in [1.165, 1.54) is 4.68 Å². The minimum absolute atomic E-state index is 0.00477. The van der Waals surface area contributed by atoms with Crippen LogP contribution < -0.4 is 5.32 Å². The Morgan fingerprint density at radius 3 is 2.89 bits per heavy atom. The first-order valence-electron chi connectivity index (χ1n) is 6.10. The average Bonchev–Trinajstić information content (AvgIpc) is 2.88. The molecule has 1 N–H and O–H groups in total. The molecule has 0 bridgehead atoms. The number of rotatable bonds is 5. The number of aromatic nitrogens is 4. The Morgan fingerprint density at radius 2 is 2.16 bits per heavy atom. The molecule has 0 aliphatic rings. The maximum absolute atomic E-state index is 13.7. The van der Waals surface area contributed by atoms with Crippen LogP contribution in [0.2, 0.25) is 0 Å². The van der Waals surface area contributed by atoms with E-state index in [1.54, 1.807) is 0 Å². The fourth-order valence-electron chi connectivity index (χ4n) is 1.74. The van der Waals surface area contributed by atoms with Gasteiger partial charge in [-0.1, -0.05) is 6.92 Å². The van der Waals surface area contributed by atoms with Crippen LogP contribution in [0.5, 0.6) is 0 Å². The van der Waals surface area contributed by atoms with E-state index in [0.29, 0.717) is 5.82 Å². The number of tetrazole rings is 1. The van der Waals surface area contributed by atoms with E-state index < -0.39 is 11.6 Å². The second-order valence-electron chi connectivity index (χ2n) is 4.22. The molecule has 0 saturated heterocycles. The quantitative estimate of drug-likeness (QED) is 0.900. The summed E-state index contributed by atoms with van der Waals surface area (Å²) in [5, 5.41) is 14.3. The smallest absolute Gasteiger partial charge is 0.173 e. The third-order valence-corrected chi connectivity index (χ3v) is 2.72. The van der Waals surface area contributed by atoms with Crippen LogP contribution in [0.4, 0.5) is 8.78 Å². The molecule has 7 heteroatoms. The van der Waals surface area contributed by atoms with Gasteiger partial charge in [-0.2, -0.15) is 4.68 Å². The molecule has 1 atom stereocenters. The molecular weight excluding hydrogens is 252 g/mol. The molecule has 2 rings (SSSR count). The standard InChI is InChI=1S/C12H15F2N5/c1-3-6-15-8(2)12-16-17-18-19(12)11-7-9(13)4-5-10(11)14/h4-5,7-8,15H,3,6H2,1-2H3. The molecule has 102 valence electrons. The Labute approximate surface area is 109 Å². The number of nitrogens with zero attached hydrogens (tertiary/aromatic N) is 4. The van der Waals surface area contributed by atoms with Gasteiger partial charge in [0.2, 0.25) is 0 Å². The molecule has 0 radical (unpaired) electrons. The summed E-state index contributed by atoms with van der Waals surface area (Å²) in [4.78, 5) is 0. The highest BCUT2D eigenvalue weighted by molar-refractivity contribution is 5.33. The van der Waals surface area contributed by atoms with Crippen LogP contribution in [0.25, 0.3) is 5.69 Å². The highest BCUT2D eigenvalue weighted by Gasteiger charge is 2.17. The first-order valence-corrected chi connectivity index (χ1v) is 6.10. The molecule has 1 aromatic carbocycles. The molecule has 2 aromatic rings. The van der Waals surface area contributed by atoms with E-state index in [-0.39, 0.29) is 11.7 Å². The van der Waals surface area contributed by atoms with Crippen LogP contribution >= 0.6 is 0 Å². The summed E-state index contributed by atoms with van der Waals surface area (Å²) in [6.45, 7) is 4.70. The van der Waals surface area contributed by atoms with E-state index >= 15 is 0 Å². The van der Waals surface area contributed by atoms with Crippen LogP contribution in [0.15, 0.2) is 18.2 Å². The maximum Gasteiger partial charge on any atom is 0.173 e. The third kappa shape index (κ3) is 2.93. The Morgan fingerprint density at radius 1 is 1.37 bits per heavy atom. The topological polar surface area (TPSA) is 55.6 Å². The lowest BCUT2D eigenvalue weighted by Crippen LogP contribution is -2.23. The van der Waals surface area contributed by atoms with E-state index in [9.17, 15) is 8.78 Å². The highest BCUT2D eigenvalue weighted by atomic mass is 19.1. The van der Waals surface area contributed by atoms with Crippen molar-refractivity contribution in [3.63, 3.8) is 0 Å². The van der Waals surface area contributed by atoms with E-state index in [2.05, 4.69) is 20.8 Å². The lowest BCUT2D eigenvalue weighted by Gasteiger charge is -2.13. The van der Waals surface area contributed by atoms with Crippen molar-refractivity contribution in [1.82, 2.24) is 25.5 Å². The molecule has 19 heavy (non-hydrogen) atoms. The van der Waals surface area contributed by atoms with Gasteiger partial charge in [-0.05, 0) is 42.4 Å². The van der Waals surface area contributed by atoms with Crippen molar-refractivity contribution < 1.29 is 8.78 Å². The van der Waals surface area contributed by atoms with E-state index in [0.717, 1.165) is 31.2 Å². The third-order valence-electron chi connectivity index (χ3n) is 2.72. The van der Waals surface area contributed by atoms with E-state index in [1.807, 2.05) is 13.8 Å². The fraction of sp³-hybridized carbons (Fsp3) is 0.417. The summed E-state index contributed by atoms with van der Waals surface area (Å²) in [7, 11) is 0. The van der Waals surface area contributed by atoms with Crippen LogP contribution in [0.3, 0.4) is 0 Å². The summed E-state index contributed by atoms with van der Waals surface area (Å²) < 4.78 is 28.1. The highest BCUT2D eigenvalue weighted by Crippen LogP contribution is 2.18. The van der Waals surface area contributed by atoms with Crippen LogP contribution in [-0.2, 0) is 0 Å². The number of benzene rings is 1. The summed E-state index contributed by atoms with van der Waals surface area (Å²) in [6, 6.07) is 3.03. The first kappa shape index (κ1) is 13.5. The zero-order chi connectivity index (χ0) is 13.8. The van der Waals surface area contributed by atoms with Gasteiger partial charge < -0.3 is 5.32 Å². The van der Waals surface area contributed by atoms with Gasteiger partial charge in [0.15, 0.2) is 5.82 Å². The molecule has 0 fully saturated rings. The monoisotopic (exact) mass is 267 g/mol. The largest absolute Gasteiger partial charge is 0.307 e. The minimum atomic E-state index is -0.572. The second-order valence-corrected chi connectivity index (χ2v) is 4.22. The van der Waals surface area contributed by atoms with Gasteiger partial charge in [0.25, 0.3) is 0 Å². The van der Waals surface area contributed by atoms with Gasteiger partial charge in [-0.3, -0.25) is 0 Å². The summed E-state index contributed by atoms with van der Waals surface area (Å²) in [6.07, 6.45) is 0.959. The summed E-state index contributed by atoms with van der Waals surface area (Å²) in [5.74, 6) is -0.664. The minimum Gasteiger partial charge on any atom is -0.307 e. The van der Waals surface area contributed by atoms with Crippen LogP contribution in [-0.4, -0.2) is 26.8 Å². The normalized spacial score (nSPS) is 12.6. The second kappa shape index (κ2) is 5.83.